The van der Waals surface area contributed by atoms with Crippen LogP contribution < -0.4 is 0 Å². The number of aliphatic carboxylic acids is 1. The second-order valence-corrected chi connectivity index (χ2v) is 6.11. The quantitative estimate of drug-likeness (QED) is 0.290. The number of esters is 1. The van der Waals surface area contributed by atoms with Gasteiger partial charge in [0.05, 0.1) is 12.7 Å². The first kappa shape index (κ1) is 25.3. The molecule has 2 amide bonds. The monoisotopic (exact) mass is 393 g/mol. The molecule has 0 aliphatic carbocycles. The Morgan fingerprint density at radius 1 is 0.929 bits per heavy atom. The Kier molecular flexibility index (Phi) is 13.9. The zero-order chi connectivity index (χ0) is 21.4. The van der Waals surface area contributed by atoms with Crippen LogP contribution in [0.15, 0.2) is 36.6 Å². The van der Waals surface area contributed by atoms with Crippen molar-refractivity contribution in [3.05, 3.63) is 36.6 Å². The number of hydrogen-bond donors (Lipinski definition) is 1. The first-order valence-corrected chi connectivity index (χ1v) is 9.57. The first-order chi connectivity index (χ1) is 13.4. The number of unbranched alkanes of at least 4 members (excludes halogenated alkanes) is 2. The fourth-order valence-corrected chi connectivity index (χ4v) is 2.28. The van der Waals surface area contributed by atoms with Gasteiger partial charge < -0.3 is 9.84 Å². The minimum Gasteiger partial charge on any atom is -0.481 e. The van der Waals surface area contributed by atoms with Crippen molar-refractivity contribution < 1.29 is 29.0 Å². The van der Waals surface area contributed by atoms with Crippen molar-refractivity contribution in [3.8, 4) is 0 Å². The van der Waals surface area contributed by atoms with Crippen LogP contribution in [-0.2, 0) is 23.9 Å². The maximum Gasteiger partial charge on any atom is 0.334 e. The molecule has 0 aromatic carbocycles. The van der Waals surface area contributed by atoms with Gasteiger partial charge in [0.2, 0.25) is 11.8 Å². The Morgan fingerprint density at radius 2 is 1.43 bits per heavy atom. The summed E-state index contributed by atoms with van der Waals surface area (Å²) in [6.45, 7) is 5.60. The lowest BCUT2D eigenvalue weighted by molar-refractivity contribution is -0.160. The predicted molar refractivity (Wildman–Crippen MR) is 106 cm³/mol. The van der Waals surface area contributed by atoms with E-state index in [-0.39, 0.29) is 12.8 Å². The number of rotatable bonds is 13. The SMILES string of the molecule is C/C=C/OC(=O)C(CC(=O)O)N(C(=O)C/C=C/CCC)C(=O)C/C=C/CCC. The topological polar surface area (TPSA) is 101 Å². The lowest BCUT2D eigenvalue weighted by atomic mass is 10.1. The summed E-state index contributed by atoms with van der Waals surface area (Å²) >= 11 is 0. The van der Waals surface area contributed by atoms with Gasteiger partial charge in [0.15, 0.2) is 0 Å². The van der Waals surface area contributed by atoms with Crippen LogP contribution in [0.2, 0.25) is 0 Å². The van der Waals surface area contributed by atoms with Crippen LogP contribution in [0.25, 0.3) is 0 Å². The van der Waals surface area contributed by atoms with Crippen molar-refractivity contribution in [2.75, 3.05) is 0 Å². The molecule has 1 atom stereocenters. The second kappa shape index (κ2) is 15.4. The number of carboxylic acids is 1. The van der Waals surface area contributed by atoms with Crippen LogP contribution in [0.3, 0.4) is 0 Å². The fourth-order valence-electron chi connectivity index (χ4n) is 2.28. The van der Waals surface area contributed by atoms with Crippen LogP contribution in [0.4, 0.5) is 0 Å². The number of nitrogens with zero attached hydrogens (tertiary/aromatic N) is 1. The number of carboxylic acid groups (broad SMARTS) is 1. The minimum absolute atomic E-state index is 0.0998. The van der Waals surface area contributed by atoms with Gasteiger partial charge in [-0.05, 0) is 19.8 Å². The highest BCUT2D eigenvalue weighted by Gasteiger charge is 2.36. The van der Waals surface area contributed by atoms with E-state index in [1.807, 2.05) is 26.0 Å². The third kappa shape index (κ3) is 10.4. The molecule has 7 nitrogen and oxygen atoms in total. The molecule has 0 aliphatic heterocycles. The number of hydrogen-bond acceptors (Lipinski definition) is 5. The van der Waals surface area contributed by atoms with E-state index in [0.717, 1.165) is 36.8 Å². The van der Waals surface area contributed by atoms with Gasteiger partial charge in [-0.15, -0.1) is 0 Å². The summed E-state index contributed by atoms with van der Waals surface area (Å²) in [5.74, 6) is -3.54. The van der Waals surface area contributed by atoms with Crippen molar-refractivity contribution in [2.24, 2.45) is 0 Å². The van der Waals surface area contributed by atoms with Crippen LogP contribution in [-0.4, -0.2) is 39.8 Å². The predicted octanol–water partition coefficient (Wildman–Crippen LogP) is 3.75. The average molecular weight is 393 g/mol. The number of imide groups is 1. The summed E-state index contributed by atoms with van der Waals surface area (Å²) in [7, 11) is 0. The molecule has 0 heterocycles. The van der Waals surface area contributed by atoms with E-state index in [1.54, 1.807) is 19.1 Å². The van der Waals surface area contributed by atoms with E-state index in [2.05, 4.69) is 0 Å². The Hall–Kier alpha value is -2.70. The van der Waals surface area contributed by atoms with E-state index in [0.29, 0.717) is 0 Å². The molecule has 0 aromatic rings. The molecular weight excluding hydrogens is 362 g/mol. The minimum atomic E-state index is -1.52. The fraction of sp³-hybridized carbons (Fsp3) is 0.524. The third-order valence-corrected chi connectivity index (χ3v) is 3.64. The summed E-state index contributed by atoms with van der Waals surface area (Å²) < 4.78 is 4.86. The highest BCUT2D eigenvalue weighted by molar-refractivity contribution is 6.01. The molecule has 28 heavy (non-hydrogen) atoms. The lowest BCUT2D eigenvalue weighted by Crippen LogP contribution is -2.49. The molecule has 0 saturated heterocycles. The number of carbonyl (C=O) groups is 4. The first-order valence-electron chi connectivity index (χ1n) is 9.57. The van der Waals surface area contributed by atoms with E-state index < -0.39 is 36.2 Å². The number of carbonyl (C=O) groups excluding carboxylic acids is 3. The van der Waals surface area contributed by atoms with Crippen molar-refractivity contribution in [2.45, 2.75) is 71.8 Å². The van der Waals surface area contributed by atoms with Gasteiger partial charge >= 0.3 is 11.9 Å². The van der Waals surface area contributed by atoms with Crippen LogP contribution in [0, 0.1) is 0 Å². The van der Waals surface area contributed by atoms with Gasteiger partial charge in [-0.2, -0.15) is 0 Å². The molecule has 1 unspecified atom stereocenters. The molecule has 0 fully saturated rings. The van der Waals surface area contributed by atoms with E-state index in [1.165, 1.54) is 6.08 Å². The van der Waals surface area contributed by atoms with Crippen molar-refractivity contribution in [1.82, 2.24) is 4.90 Å². The highest BCUT2D eigenvalue weighted by atomic mass is 16.5. The molecule has 0 saturated carbocycles. The Morgan fingerprint density at radius 3 is 1.82 bits per heavy atom. The molecule has 0 aliphatic rings. The van der Waals surface area contributed by atoms with Gasteiger partial charge in [-0.1, -0.05) is 57.1 Å². The Bertz CT molecular complexity index is 576. The smallest absolute Gasteiger partial charge is 0.334 e. The van der Waals surface area contributed by atoms with Gasteiger partial charge in [-0.25, -0.2) is 4.79 Å². The zero-order valence-electron chi connectivity index (χ0n) is 16.9. The lowest BCUT2D eigenvalue weighted by Gasteiger charge is -2.26. The van der Waals surface area contributed by atoms with Crippen molar-refractivity contribution in [1.29, 1.82) is 0 Å². The summed E-state index contributed by atoms with van der Waals surface area (Å²) in [4.78, 5) is 49.6. The van der Waals surface area contributed by atoms with Gasteiger partial charge in [0.1, 0.15) is 6.04 Å². The molecule has 7 heteroatoms. The molecule has 156 valence electrons. The Balaban J connectivity index is 5.62. The van der Waals surface area contributed by atoms with Gasteiger partial charge in [0, 0.05) is 12.8 Å². The molecule has 0 radical (unpaired) electrons. The average Bonchev–Trinajstić information content (AvgIpc) is 2.65. The largest absolute Gasteiger partial charge is 0.481 e. The summed E-state index contributed by atoms with van der Waals surface area (Å²) in [5.41, 5.74) is 0. The van der Waals surface area contributed by atoms with Crippen molar-refractivity contribution in [3.63, 3.8) is 0 Å². The van der Waals surface area contributed by atoms with E-state index >= 15 is 0 Å². The van der Waals surface area contributed by atoms with Gasteiger partial charge in [0.25, 0.3) is 0 Å². The molecule has 0 rings (SSSR count). The number of amides is 2. The Labute approximate surface area is 166 Å². The summed E-state index contributed by atoms with van der Waals surface area (Å²) in [5, 5.41) is 9.16. The molecule has 1 N–H and O–H groups in total. The normalized spacial score (nSPS) is 12.5. The molecule has 0 bridgehead atoms. The molecule has 0 aromatic heterocycles. The van der Waals surface area contributed by atoms with Crippen molar-refractivity contribution >= 4 is 23.8 Å². The molecular formula is C21H31NO6. The number of ether oxygens (including phenoxy) is 1. The van der Waals surface area contributed by atoms with E-state index in [9.17, 15) is 19.2 Å². The van der Waals surface area contributed by atoms with Crippen LogP contribution in [0.1, 0.15) is 65.7 Å². The second-order valence-electron chi connectivity index (χ2n) is 6.11. The molecule has 0 spiro atoms. The summed E-state index contributed by atoms with van der Waals surface area (Å²) in [6, 6.07) is -1.52. The van der Waals surface area contributed by atoms with Crippen LogP contribution >= 0.6 is 0 Å². The van der Waals surface area contributed by atoms with Crippen LogP contribution in [0.5, 0.6) is 0 Å². The standard InChI is InChI=1S/C21H31NO6/c1-4-7-9-11-13-18(23)22(19(24)14-12-10-8-5-2)17(16-20(25)26)21(27)28-15-6-3/h6,9-12,15,17H,4-5,7-8,13-14,16H2,1-3H3,(H,25,26)/b11-9+,12-10+,15-6+. The maximum absolute atomic E-state index is 12.6. The maximum atomic E-state index is 12.6. The third-order valence-electron chi connectivity index (χ3n) is 3.64. The summed E-state index contributed by atoms with van der Waals surface area (Å²) in [6.07, 6.45) is 11.9. The van der Waals surface area contributed by atoms with E-state index in [4.69, 9.17) is 9.84 Å². The number of allylic oxidation sites excluding steroid dienone is 3. The highest BCUT2D eigenvalue weighted by Crippen LogP contribution is 2.13. The van der Waals surface area contributed by atoms with Gasteiger partial charge in [-0.3, -0.25) is 19.3 Å². The zero-order valence-corrected chi connectivity index (χ0v) is 16.9.